The van der Waals surface area contributed by atoms with Gasteiger partial charge in [0.15, 0.2) is 0 Å². The maximum absolute atomic E-state index is 12.2. The Bertz CT molecular complexity index is 559. The molecule has 1 atom stereocenters. The quantitative estimate of drug-likeness (QED) is 0.247. The number of rotatable bonds is 19. The van der Waals surface area contributed by atoms with Gasteiger partial charge in [-0.05, 0) is 18.4 Å². The molecule has 4 heteroatoms. The molecule has 170 valence electrons. The van der Waals surface area contributed by atoms with E-state index in [2.05, 4.69) is 12.2 Å². The van der Waals surface area contributed by atoms with E-state index >= 15 is 0 Å². The monoisotopic (exact) mass is 417 g/mol. The zero-order valence-corrected chi connectivity index (χ0v) is 19.0. The highest BCUT2D eigenvalue weighted by Gasteiger charge is 2.16. The van der Waals surface area contributed by atoms with Gasteiger partial charge in [-0.1, -0.05) is 114 Å². The predicted octanol–water partition coefficient (Wildman–Crippen LogP) is 6.67. The molecule has 4 nitrogen and oxygen atoms in total. The summed E-state index contributed by atoms with van der Waals surface area (Å²) in [5, 5.41) is 12.0. The number of hydrogen-bond acceptors (Lipinski definition) is 2. The zero-order valence-electron chi connectivity index (χ0n) is 19.0. The van der Waals surface area contributed by atoms with Crippen LogP contribution >= 0.6 is 0 Å². The summed E-state index contributed by atoms with van der Waals surface area (Å²) in [7, 11) is 0. The van der Waals surface area contributed by atoms with Gasteiger partial charge in [0, 0.05) is 12.5 Å². The van der Waals surface area contributed by atoms with Crippen molar-refractivity contribution in [3.05, 3.63) is 35.9 Å². The molecule has 0 spiro atoms. The lowest BCUT2D eigenvalue weighted by atomic mass is 10.0. The molecule has 2 N–H and O–H groups in total. The highest BCUT2D eigenvalue weighted by molar-refractivity contribution is 5.77. The van der Waals surface area contributed by atoms with Crippen LogP contribution in [0.4, 0.5) is 0 Å². The van der Waals surface area contributed by atoms with Gasteiger partial charge in [-0.15, -0.1) is 0 Å². The molecule has 0 saturated heterocycles. The maximum atomic E-state index is 12.2. The van der Waals surface area contributed by atoms with Gasteiger partial charge in [0.25, 0.3) is 0 Å². The molecule has 0 unspecified atom stereocenters. The summed E-state index contributed by atoms with van der Waals surface area (Å²) in [6.07, 6.45) is 17.7. The smallest absolute Gasteiger partial charge is 0.305 e. The van der Waals surface area contributed by atoms with Crippen LogP contribution in [0, 0.1) is 0 Å². The van der Waals surface area contributed by atoms with Crippen molar-refractivity contribution >= 4 is 11.9 Å². The summed E-state index contributed by atoms with van der Waals surface area (Å²) in [6.45, 7) is 2.26. The van der Waals surface area contributed by atoms with Crippen molar-refractivity contribution in [2.75, 3.05) is 0 Å². The Morgan fingerprint density at radius 2 is 1.30 bits per heavy atom. The fourth-order valence-corrected chi connectivity index (χ4v) is 3.89. The first-order chi connectivity index (χ1) is 14.6. The molecule has 1 aromatic rings. The third-order valence-electron chi connectivity index (χ3n) is 5.62. The van der Waals surface area contributed by atoms with Crippen LogP contribution in [-0.2, 0) is 16.0 Å². The van der Waals surface area contributed by atoms with Gasteiger partial charge < -0.3 is 10.4 Å². The number of nitrogens with one attached hydrogen (secondary N) is 1. The van der Waals surface area contributed by atoms with Crippen molar-refractivity contribution in [1.82, 2.24) is 5.32 Å². The molecule has 0 fully saturated rings. The first kappa shape index (κ1) is 26.2. The lowest BCUT2D eigenvalue weighted by molar-refractivity contribution is -0.137. The first-order valence-corrected chi connectivity index (χ1v) is 12.2. The minimum atomic E-state index is -0.878. The third-order valence-corrected chi connectivity index (χ3v) is 5.62. The molecule has 1 aromatic carbocycles. The zero-order chi connectivity index (χ0) is 21.9. The molecule has 1 amide bonds. The molecule has 0 aliphatic heterocycles. The number of hydrogen-bond donors (Lipinski definition) is 2. The molecule has 1 rings (SSSR count). The van der Waals surface area contributed by atoms with Crippen molar-refractivity contribution in [3.63, 3.8) is 0 Å². The molecule has 0 radical (unpaired) electrons. The van der Waals surface area contributed by atoms with Crippen LogP contribution in [0.3, 0.4) is 0 Å². The second kappa shape index (κ2) is 18.0. The molecule has 0 saturated carbocycles. The minimum absolute atomic E-state index is 0.0275. The number of carbonyl (C=O) groups excluding carboxylic acids is 1. The fourth-order valence-electron chi connectivity index (χ4n) is 3.89. The summed E-state index contributed by atoms with van der Waals surface area (Å²) in [6, 6.07) is 9.38. The van der Waals surface area contributed by atoms with E-state index in [0.29, 0.717) is 12.8 Å². The normalized spacial score (nSPS) is 11.9. The van der Waals surface area contributed by atoms with E-state index in [-0.39, 0.29) is 18.4 Å². The summed E-state index contributed by atoms with van der Waals surface area (Å²) < 4.78 is 0. The van der Waals surface area contributed by atoms with Crippen LogP contribution in [0.2, 0.25) is 0 Å². The average Bonchev–Trinajstić information content (AvgIpc) is 2.71. The highest BCUT2D eigenvalue weighted by atomic mass is 16.4. The molecular weight excluding hydrogens is 374 g/mol. The van der Waals surface area contributed by atoms with Crippen molar-refractivity contribution in [2.24, 2.45) is 0 Å². The summed E-state index contributed by atoms with van der Waals surface area (Å²) in [4.78, 5) is 23.3. The number of carboxylic acid groups (broad SMARTS) is 1. The van der Waals surface area contributed by atoms with E-state index in [1.165, 1.54) is 70.6 Å². The van der Waals surface area contributed by atoms with E-state index in [9.17, 15) is 9.59 Å². The van der Waals surface area contributed by atoms with E-state index in [1.54, 1.807) is 0 Å². The Hall–Kier alpha value is -1.84. The van der Waals surface area contributed by atoms with Gasteiger partial charge in [0.1, 0.15) is 0 Å². The average molecular weight is 418 g/mol. The van der Waals surface area contributed by atoms with Gasteiger partial charge in [-0.25, -0.2) is 0 Å². The summed E-state index contributed by atoms with van der Waals surface area (Å²) in [5.41, 5.74) is 1.05. The SMILES string of the molecule is CCCCCCCCCCCCCCCC(=O)N[C@@H](CC(=O)O)Cc1ccccc1. The molecule has 30 heavy (non-hydrogen) atoms. The van der Waals surface area contributed by atoms with Crippen molar-refractivity contribution in [3.8, 4) is 0 Å². The van der Waals surface area contributed by atoms with Gasteiger partial charge in [-0.3, -0.25) is 9.59 Å². The Morgan fingerprint density at radius 3 is 1.80 bits per heavy atom. The Kier molecular flexibility index (Phi) is 15.7. The lowest BCUT2D eigenvalue weighted by Crippen LogP contribution is -2.38. The van der Waals surface area contributed by atoms with Crippen molar-refractivity contribution in [1.29, 1.82) is 0 Å². The van der Waals surface area contributed by atoms with Gasteiger partial charge in [0.05, 0.1) is 6.42 Å². The van der Waals surface area contributed by atoms with Gasteiger partial charge in [-0.2, -0.15) is 0 Å². The van der Waals surface area contributed by atoms with Crippen molar-refractivity contribution in [2.45, 2.75) is 116 Å². The third kappa shape index (κ3) is 15.1. The number of carboxylic acids is 1. The van der Waals surface area contributed by atoms with E-state index in [0.717, 1.165) is 18.4 Å². The van der Waals surface area contributed by atoms with Crippen LogP contribution in [0.5, 0.6) is 0 Å². The van der Waals surface area contributed by atoms with Crippen LogP contribution in [0.15, 0.2) is 30.3 Å². The minimum Gasteiger partial charge on any atom is -0.481 e. The van der Waals surface area contributed by atoms with E-state index in [1.807, 2.05) is 30.3 Å². The Morgan fingerprint density at radius 1 is 0.800 bits per heavy atom. The summed E-state index contributed by atoms with van der Waals surface area (Å²) in [5.74, 6) is -0.905. The molecule has 0 aliphatic rings. The van der Waals surface area contributed by atoms with E-state index in [4.69, 9.17) is 5.11 Å². The summed E-state index contributed by atoms with van der Waals surface area (Å²) >= 11 is 0. The Balaban J connectivity index is 2.05. The number of aliphatic carboxylic acids is 1. The van der Waals surface area contributed by atoms with Crippen LogP contribution in [0.1, 0.15) is 109 Å². The largest absolute Gasteiger partial charge is 0.481 e. The predicted molar refractivity (Wildman–Crippen MR) is 125 cm³/mol. The van der Waals surface area contributed by atoms with Crippen LogP contribution in [0.25, 0.3) is 0 Å². The standard InChI is InChI=1S/C26H43NO3/c1-2-3-4-5-6-7-8-9-10-11-12-13-17-20-25(28)27-24(22-26(29)30)21-23-18-15-14-16-19-23/h14-16,18-19,24H,2-13,17,20-22H2,1H3,(H,27,28)(H,29,30)/t24-/m1/s1. The topological polar surface area (TPSA) is 66.4 Å². The maximum Gasteiger partial charge on any atom is 0.305 e. The second-order valence-electron chi connectivity index (χ2n) is 8.54. The number of amides is 1. The van der Waals surface area contributed by atoms with E-state index < -0.39 is 5.97 Å². The highest BCUT2D eigenvalue weighted by Crippen LogP contribution is 2.13. The molecule has 0 bridgehead atoms. The van der Waals surface area contributed by atoms with Crippen LogP contribution in [-0.4, -0.2) is 23.0 Å². The first-order valence-electron chi connectivity index (χ1n) is 12.2. The molecule has 0 aliphatic carbocycles. The number of benzene rings is 1. The fraction of sp³-hybridized carbons (Fsp3) is 0.692. The number of carbonyl (C=O) groups is 2. The molecule has 0 aromatic heterocycles. The van der Waals surface area contributed by atoms with Gasteiger partial charge >= 0.3 is 5.97 Å². The number of unbranched alkanes of at least 4 members (excludes halogenated alkanes) is 12. The van der Waals surface area contributed by atoms with Gasteiger partial charge in [0.2, 0.25) is 5.91 Å². The second-order valence-corrected chi connectivity index (χ2v) is 8.54. The lowest BCUT2D eigenvalue weighted by Gasteiger charge is -2.17. The molecule has 0 heterocycles. The van der Waals surface area contributed by atoms with Crippen LogP contribution < -0.4 is 5.32 Å². The van der Waals surface area contributed by atoms with Crippen molar-refractivity contribution < 1.29 is 14.7 Å². The Labute approximate surface area is 183 Å². The molecular formula is C26H43NO3.